The van der Waals surface area contributed by atoms with Crippen molar-refractivity contribution in [2.75, 3.05) is 13.1 Å². The van der Waals surface area contributed by atoms with E-state index in [2.05, 4.69) is 26.1 Å². The zero-order valence-corrected chi connectivity index (χ0v) is 9.73. The van der Waals surface area contributed by atoms with E-state index in [4.69, 9.17) is 4.74 Å². The van der Waals surface area contributed by atoms with Crippen LogP contribution in [0, 0.1) is 5.41 Å². The minimum Gasteiger partial charge on any atom is -0.373 e. The Morgan fingerprint density at radius 3 is 2.21 bits per heavy atom. The third-order valence-corrected chi connectivity index (χ3v) is 3.51. The second-order valence-corrected chi connectivity index (χ2v) is 6.01. The number of ether oxygens (including phenoxy) is 1. The monoisotopic (exact) mass is 197 g/mol. The Hall–Kier alpha value is -0.0800. The topological polar surface area (TPSA) is 21.3 Å². The third-order valence-electron chi connectivity index (χ3n) is 3.51. The van der Waals surface area contributed by atoms with Gasteiger partial charge in [0.15, 0.2) is 0 Å². The molecule has 1 saturated carbocycles. The fourth-order valence-electron chi connectivity index (χ4n) is 2.85. The summed E-state index contributed by atoms with van der Waals surface area (Å²) in [7, 11) is 0. The van der Waals surface area contributed by atoms with Crippen LogP contribution in [0.1, 0.15) is 46.5 Å². The number of nitrogens with one attached hydrogen (secondary N) is 1. The summed E-state index contributed by atoms with van der Waals surface area (Å²) in [6.45, 7) is 8.88. The molecular formula is C12H23NO. The van der Waals surface area contributed by atoms with Crippen LogP contribution in [0.2, 0.25) is 0 Å². The Morgan fingerprint density at radius 2 is 1.71 bits per heavy atom. The fourth-order valence-corrected chi connectivity index (χ4v) is 2.85. The van der Waals surface area contributed by atoms with Crippen molar-refractivity contribution in [3.63, 3.8) is 0 Å². The Balaban J connectivity index is 1.78. The van der Waals surface area contributed by atoms with Crippen LogP contribution in [-0.4, -0.2) is 24.8 Å². The zero-order valence-electron chi connectivity index (χ0n) is 9.73. The molecule has 0 radical (unpaired) electrons. The van der Waals surface area contributed by atoms with E-state index in [1.807, 2.05) is 0 Å². The molecule has 1 saturated heterocycles. The van der Waals surface area contributed by atoms with Gasteiger partial charge in [-0.3, -0.25) is 0 Å². The van der Waals surface area contributed by atoms with Crippen molar-refractivity contribution in [1.82, 2.24) is 5.32 Å². The first-order valence-electron chi connectivity index (χ1n) is 5.88. The predicted molar refractivity (Wildman–Crippen MR) is 58.4 cm³/mol. The molecule has 2 aliphatic rings. The highest BCUT2D eigenvalue weighted by Crippen LogP contribution is 2.49. The maximum atomic E-state index is 5.98. The first-order valence-corrected chi connectivity index (χ1v) is 5.88. The Labute approximate surface area is 87.4 Å². The smallest absolute Gasteiger partial charge is 0.0602 e. The van der Waals surface area contributed by atoms with Gasteiger partial charge in [0.2, 0.25) is 0 Å². The van der Waals surface area contributed by atoms with Gasteiger partial charge in [0, 0.05) is 0 Å². The lowest BCUT2D eigenvalue weighted by Crippen LogP contribution is -2.50. The molecule has 1 spiro atoms. The standard InChI is InChI=1S/C12H23NO/c1-11(2,3)14-10-8-12(9-10)4-6-13-7-5-12/h10,13H,4-9H2,1-3H3. The summed E-state index contributed by atoms with van der Waals surface area (Å²) in [6.07, 6.45) is 5.85. The van der Waals surface area contributed by atoms with E-state index >= 15 is 0 Å². The zero-order chi connectivity index (χ0) is 10.2. The maximum Gasteiger partial charge on any atom is 0.0602 e. The van der Waals surface area contributed by atoms with Gasteiger partial charge in [-0.05, 0) is 65.0 Å². The summed E-state index contributed by atoms with van der Waals surface area (Å²) in [5.74, 6) is 0. The number of hydrogen-bond donors (Lipinski definition) is 1. The third kappa shape index (κ3) is 2.29. The Morgan fingerprint density at radius 1 is 1.14 bits per heavy atom. The molecule has 0 aromatic carbocycles. The molecule has 2 nitrogen and oxygen atoms in total. The lowest BCUT2D eigenvalue weighted by molar-refractivity contribution is -0.150. The second kappa shape index (κ2) is 3.49. The largest absolute Gasteiger partial charge is 0.373 e. The summed E-state index contributed by atoms with van der Waals surface area (Å²) >= 11 is 0. The van der Waals surface area contributed by atoms with Crippen molar-refractivity contribution in [2.45, 2.75) is 58.2 Å². The number of piperidine rings is 1. The lowest BCUT2D eigenvalue weighted by Gasteiger charge is -2.51. The van der Waals surface area contributed by atoms with Gasteiger partial charge in [0.05, 0.1) is 11.7 Å². The summed E-state index contributed by atoms with van der Waals surface area (Å²) < 4.78 is 5.98. The van der Waals surface area contributed by atoms with Crippen molar-refractivity contribution in [3.05, 3.63) is 0 Å². The highest BCUT2D eigenvalue weighted by Gasteiger charge is 2.46. The van der Waals surface area contributed by atoms with E-state index in [0.29, 0.717) is 11.5 Å². The van der Waals surface area contributed by atoms with E-state index in [9.17, 15) is 0 Å². The van der Waals surface area contributed by atoms with Gasteiger partial charge in [0.25, 0.3) is 0 Å². The van der Waals surface area contributed by atoms with E-state index < -0.39 is 0 Å². The number of hydrogen-bond acceptors (Lipinski definition) is 2. The van der Waals surface area contributed by atoms with Gasteiger partial charge in [-0.15, -0.1) is 0 Å². The molecule has 1 aliphatic carbocycles. The van der Waals surface area contributed by atoms with Gasteiger partial charge < -0.3 is 10.1 Å². The quantitative estimate of drug-likeness (QED) is 0.696. The van der Waals surface area contributed by atoms with Gasteiger partial charge in [0.1, 0.15) is 0 Å². The van der Waals surface area contributed by atoms with Crippen molar-refractivity contribution in [2.24, 2.45) is 5.41 Å². The average Bonchev–Trinajstić information content (AvgIpc) is 2.00. The molecule has 0 bridgehead atoms. The number of rotatable bonds is 1. The molecule has 82 valence electrons. The van der Waals surface area contributed by atoms with Crippen LogP contribution in [0.3, 0.4) is 0 Å². The SMILES string of the molecule is CC(C)(C)OC1CC2(CCNCC2)C1. The van der Waals surface area contributed by atoms with Crippen LogP contribution in [-0.2, 0) is 4.74 Å². The van der Waals surface area contributed by atoms with E-state index in [1.54, 1.807) is 0 Å². The summed E-state index contributed by atoms with van der Waals surface area (Å²) in [4.78, 5) is 0. The van der Waals surface area contributed by atoms with Gasteiger partial charge in [-0.1, -0.05) is 0 Å². The molecule has 0 aromatic rings. The molecule has 2 rings (SSSR count). The van der Waals surface area contributed by atoms with Crippen molar-refractivity contribution < 1.29 is 4.74 Å². The van der Waals surface area contributed by atoms with Crippen LogP contribution < -0.4 is 5.32 Å². The fraction of sp³-hybridized carbons (Fsp3) is 1.00. The highest BCUT2D eigenvalue weighted by molar-refractivity contribution is 4.97. The summed E-state index contributed by atoms with van der Waals surface area (Å²) in [6, 6.07) is 0. The van der Waals surface area contributed by atoms with Gasteiger partial charge in [-0.25, -0.2) is 0 Å². The molecule has 2 fully saturated rings. The normalized spacial score (nSPS) is 27.6. The molecule has 0 atom stereocenters. The average molecular weight is 197 g/mol. The van der Waals surface area contributed by atoms with E-state index in [1.165, 1.54) is 38.8 Å². The molecule has 0 aromatic heterocycles. The van der Waals surface area contributed by atoms with E-state index in [-0.39, 0.29) is 5.60 Å². The molecular weight excluding hydrogens is 174 g/mol. The summed E-state index contributed by atoms with van der Waals surface area (Å²) in [5.41, 5.74) is 0.695. The minimum absolute atomic E-state index is 0.0409. The first kappa shape index (κ1) is 10.4. The predicted octanol–water partition coefficient (Wildman–Crippen LogP) is 2.33. The van der Waals surface area contributed by atoms with Crippen LogP contribution >= 0.6 is 0 Å². The van der Waals surface area contributed by atoms with Crippen LogP contribution in [0.4, 0.5) is 0 Å². The molecule has 2 heteroatoms. The van der Waals surface area contributed by atoms with Crippen LogP contribution in [0.25, 0.3) is 0 Å². The molecule has 1 N–H and O–H groups in total. The maximum absolute atomic E-state index is 5.98. The molecule has 14 heavy (non-hydrogen) atoms. The first-order chi connectivity index (χ1) is 6.49. The molecule has 0 amide bonds. The molecule has 1 heterocycles. The van der Waals surface area contributed by atoms with Crippen molar-refractivity contribution in [1.29, 1.82) is 0 Å². The van der Waals surface area contributed by atoms with Crippen LogP contribution in [0.5, 0.6) is 0 Å². The van der Waals surface area contributed by atoms with Gasteiger partial charge in [-0.2, -0.15) is 0 Å². The molecule has 0 unspecified atom stereocenters. The lowest BCUT2D eigenvalue weighted by atomic mass is 9.61. The summed E-state index contributed by atoms with van der Waals surface area (Å²) in [5, 5.41) is 3.43. The van der Waals surface area contributed by atoms with Crippen molar-refractivity contribution in [3.8, 4) is 0 Å². The Bertz CT molecular complexity index is 193. The second-order valence-electron chi connectivity index (χ2n) is 6.01. The van der Waals surface area contributed by atoms with E-state index in [0.717, 1.165) is 0 Å². The Kier molecular flexibility index (Phi) is 2.61. The van der Waals surface area contributed by atoms with Crippen molar-refractivity contribution >= 4 is 0 Å². The van der Waals surface area contributed by atoms with Crippen LogP contribution in [0.15, 0.2) is 0 Å². The molecule has 1 aliphatic heterocycles. The van der Waals surface area contributed by atoms with Gasteiger partial charge >= 0.3 is 0 Å². The highest BCUT2D eigenvalue weighted by atomic mass is 16.5. The minimum atomic E-state index is 0.0409.